The highest BCUT2D eigenvalue weighted by atomic mass is 19.4. The second-order valence-electron chi connectivity index (χ2n) is 3.74. The molecule has 1 aliphatic rings. The van der Waals surface area contributed by atoms with Crippen molar-refractivity contribution in [2.24, 2.45) is 0 Å². The smallest absolute Gasteiger partial charge is 0.395 e. The molecule has 18 heavy (non-hydrogen) atoms. The maximum atomic E-state index is 12.5. The summed E-state index contributed by atoms with van der Waals surface area (Å²) in [6, 6.07) is 2.40. The van der Waals surface area contributed by atoms with Crippen LogP contribution in [-0.4, -0.2) is 35.0 Å². The minimum absolute atomic E-state index is 0.0681. The quantitative estimate of drug-likeness (QED) is 0.814. The van der Waals surface area contributed by atoms with Crippen LogP contribution in [0.25, 0.3) is 0 Å². The van der Waals surface area contributed by atoms with E-state index in [-0.39, 0.29) is 17.7 Å². The number of carbonyl (C=O) groups is 2. The largest absolute Gasteiger partial charge is 0.416 e. The van der Waals surface area contributed by atoms with Gasteiger partial charge in [0.25, 0.3) is 11.8 Å². The van der Waals surface area contributed by atoms with Crippen molar-refractivity contribution >= 4 is 11.8 Å². The van der Waals surface area contributed by atoms with Crippen molar-refractivity contribution in [3.05, 3.63) is 34.9 Å². The van der Waals surface area contributed by atoms with Crippen LogP contribution < -0.4 is 0 Å². The molecule has 1 N–H and O–H groups in total. The second kappa shape index (κ2) is 4.09. The molecular formula is C11H8F3NO3. The lowest BCUT2D eigenvalue weighted by atomic mass is 10.1. The molecule has 96 valence electrons. The molecule has 1 aliphatic heterocycles. The second-order valence-corrected chi connectivity index (χ2v) is 3.74. The summed E-state index contributed by atoms with van der Waals surface area (Å²) in [4.78, 5) is 24.1. The highest BCUT2D eigenvalue weighted by Gasteiger charge is 2.38. The van der Waals surface area contributed by atoms with Gasteiger partial charge in [-0.15, -0.1) is 0 Å². The van der Waals surface area contributed by atoms with E-state index in [1.54, 1.807) is 0 Å². The molecule has 0 fully saturated rings. The van der Waals surface area contributed by atoms with E-state index in [2.05, 4.69) is 0 Å². The molecule has 2 amide bonds. The average Bonchev–Trinajstić information content (AvgIpc) is 2.53. The molecule has 4 nitrogen and oxygen atoms in total. The number of amides is 2. The predicted octanol–water partition coefficient (Wildman–Crippen LogP) is 1.29. The maximum absolute atomic E-state index is 12.5. The molecule has 2 rings (SSSR count). The van der Waals surface area contributed by atoms with Crippen molar-refractivity contribution in [2.75, 3.05) is 13.2 Å². The van der Waals surface area contributed by atoms with Crippen LogP contribution in [0.1, 0.15) is 26.3 Å². The van der Waals surface area contributed by atoms with Crippen molar-refractivity contribution < 1.29 is 27.9 Å². The fourth-order valence-corrected chi connectivity index (χ4v) is 1.77. The molecule has 0 unspecified atom stereocenters. The zero-order valence-corrected chi connectivity index (χ0v) is 8.99. The van der Waals surface area contributed by atoms with Gasteiger partial charge in [-0.1, -0.05) is 0 Å². The van der Waals surface area contributed by atoms with E-state index >= 15 is 0 Å². The Labute approximate surface area is 99.6 Å². The van der Waals surface area contributed by atoms with Crippen LogP contribution in [0.3, 0.4) is 0 Å². The number of imide groups is 1. The average molecular weight is 259 g/mol. The third kappa shape index (κ3) is 1.86. The zero-order chi connectivity index (χ0) is 13.5. The number of hydrogen-bond donors (Lipinski definition) is 1. The minimum atomic E-state index is -4.57. The van der Waals surface area contributed by atoms with Crippen molar-refractivity contribution in [1.82, 2.24) is 4.90 Å². The fourth-order valence-electron chi connectivity index (χ4n) is 1.77. The SMILES string of the molecule is O=C1c2ccc(C(F)(F)F)cc2C(=O)N1CCO. The van der Waals surface area contributed by atoms with Crippen LogP contribution in [0.5, 0.6) is 0 Å². The Balaban J connectivity index is 2.46. The predicted molar refractivity (Wildman–Crippen MR) is 53.9 cm³/mol. The van der Waals surface area contributed by atoms with E-state index in [1.165, 1.54) is 0 Å². The van der Waals surface area contributed by atoms with Crippen molar-refractivity contribution in [3.63, 3.8) is 0 Å². The summed E-state index contributed by atoms with van der Waals surface area (Å²) in [5.41, 5.74) is -1.32. The van der Waals surface area contributed by atoms with Crippen LogP contribution in [0.2, 0.25) is 0 Å². The van der Waals surface area contributed by atoms with Gasteiger partial charge in [0.15, 0.2) is 0 Å². The number of hydrogen-bond acceptors (Lipinski definition) is 3. The minimum Gasteiger partial charge on any atom is -0.395 e. The molecule has 0 aromatic heterocycles. The number of halogens is 3. The number of aliphatic hydroxyl groups excluding tert-OH is 1. The van der Waals surface area contributed by atoms with Crippen LogP contribution in [0, 0.1) is 0 Å². The van der Waals surface area contributed by atoms with Gasteiger partial charge in [0, 0.05) is 0 Å². The lowest BCUT2D eigenvalue weighted by molar-refractivity contribution is -0.137. The summed E-state index contributed by atoms with van der Waals surface area (Å²) in [5, 5.41) is 8.70. The number of benzene rings is 1. The standard InChI is InChI=1S/C11H8F3NO3/c12-11(13,14)6-1-2-7-8(5-6)10(18)15(3-4-16)9(7)17/h1-2,5,16H,3-4H2. The van der Waals surface area contributed by atoms with Crippen LogP contribution in [0.15, 0.2) is 18.2 Å². The van der Waals surface area contributed by atoms with E-state index in [4.69, 9.17) is 5.11 Å². The van der Waals surface area contributed by atoms with Crippen molar-refractivity contribution in [2.45, 2.75) is 6.18 Å². The summed E-state index contributed by atoms with van der Waals surface area (Å²) >= 11 is 0. The molecular weight excluding hydrogens is 251 g/mol. The van der Waals surface area contributed by atoms with Gasteiger partial charge in [-0.25, -0.2) is 0 Å². The van der Waals surface area contributed by atoms with E-state index in [1.807, 2.05) is 0 Å². The molecule has 0 saturated carbocycles. The van der Waals surface area contributed by atoms with E-state index in [0.29, 0.717) is 6.07 Å². The van der Waals surface area contributed by atoms with Gasteiger partial charge >= 0.3 is 6.18 Å². The molecule has 1 heterocycles. The number of carbonyl (C=O) groups excluding carboxylic acids is 2. The van der Waals surface area contributed by atoms with Gasteiger partial charge in [0.1, 0.15) is 0 Å². The molecule has 0 aliphatic carbocycles. The van der Waals surface area contributed by atoms with E-state index in [9.17, 15) is 22.8 Å². The van der Waals surface area contributed by atoms with Crippen molar-refractivity contribution in [3.8, 4) is 0 Å². The Hall–Kier alpha value is -1.89. The Kier molecular flexibility index (Phi) is 2.86. The summed E-state index contributed by atoms with van der Waals surface area (Å²) in [6.45, 7) is -0.661. The Bertz CT molecular complexity index is 525. The summed E-state index contributed by atoms with van der Waals surface area (Å²) in [6.07, 6.45) is -4.57. The Morgan fingerprint density at radius 3 is 2.28 bits per heavy atom. The lowest BCUT2D eigenvalue weighted by Crippen LogP contribution is -2.32. The van der Waals surface area contributed by atoms with Gasteiger partial charge in [0.05, 0.1) is 29.8 Å². The molecule has 7 heteroatoms. The normalized spacial score (nSPS) is 15.2. The topological polar surface area (TPSA) is 57.6 Å². The van der Waals surface area contributed by atoms with Crippen LogP contribution in [-0.2, 0) is 6.18 Å². The number of rotatable bonds is 2. The van der Waals surface area contributed by atoms with Crippen LogP contribution in [0.4, 0.5) is 13.2 Å². The fraction of sp³-hybridized carbons (Fsp3) is 0.273. The number of fused-ring (bicyclic) bond motifs is 1. The third-order valence-corrected chi connectivity index (χ3v) is 2.62. The molecule has 1 aromatic rings. The van der Waals surface area contributed by atoms with Crippen molar-refractivity contribution in [1.29, 1.82) is 0 Å². The molecule has 0 bridgehead atoms. The number of nitrogens with zero attached hydrogens (tertiary/aromatic N) is 1. The number of aliphatic hydroxyl groups is 1. The highest BCUT2D eigenvalue weighted by molar-refractivity contribution is 6.21. The first-order valence-electron chi connectivity index (χ1n) is 5.04. The summed E-state index contributed by atoms with van der Waals surface area (Å²) in [5.74, 6) is -1.49. The highest BCUT2D eigenvalue weighted by Crippen LogP contribution is 2.33. The summed E-state index contributed by atoms with van der Waals surface area (Å²) in [7, 11) is 0. The van der Waals surface area contributed by atoms with Gasteiger partial charge in [0.2, 0.25) is 0 Å². The van der Waals surface area contributed by atoms with Gasteiger partial charge in [-0.05, 0) is 18.2 Å². The summed E-state index contributed by atoms with van der Waals surface area (Å²) < 4.78 is 37.4. The van der Waals surface area contributed by atoms with E-state index in [0.717, 1.165) is 17.0 Å². The lowest BCUT2D eigenvalue weighted by Gasteiger charge is -2.10. The maximum Gasteiger partial charge on any atom is 0.416 e. The Morgan fingerprint density at radius 2 is 1.72 bits per heavy atom. The first-order valence-corrected chi connectivity index (χ1v) is 5.04. The van der Waals surface area contributed by atoms with Gasteiger partial charge in [-0.2, -0.15) is 13.2 Å². The monoisotopic (exact) mass is 259 g/mol. The van der Waals surface area contributed by atoms with E-state index < -0.39 is 30.2 Å². The molecule has 0 atom stereocenters. The van der Waals surface area contributed by atoms with Gasteiger partial charge in [-0.3, -0.25) is 14.5 Å². The molecule has 1 aromatic carbocycles. The third-order valence-electron chi connectivity index (χ3n) is 2.62. The number of alkyl halides is 3. The zero-order valence-electron chi connectivity index (χ0n) is 8.99. The van der Waals surface area contributed by atoms with Crippen LogP contribution >= 0.6 is 0 Å². The molecule has 0 radical (unpaired) electrons. The Morgan fingerprint density at radius 1 is 1.11 bits per heavy atom. The first-order chi connectivity index (χ1) is 8.36. The molecule has 0 spiro atoms. The van der Waals surface area contributed by atoms with Gasteiger partial charge < -0.3 is 5.11 Å². The number of β-amino-alcohol motifs (C(OH)–C–C–N with tert-alkyl or cyclic N) is 1. The first kappa shape index (κ1) is 12.6. The molecule has 0 saturated heterocycles.